The molecule has 0 aliphatic rings. The van der Waals surface area contributed by atoms with Crippen LogP contribution >= 0.6 is 0 Å². The third-order valence-electron chi connectivity index (χ3n) is 1.46. The first-order chi connectivity index (χ1) is 7.73. The van der Waals surface area contributed by atoms with Crippen molar-refractivity contribution in [3.05, 3.63) is 0 Å². The van der Waals surface area contributed by atoms with Crippen LogP contribution in [0.25, 0.3) is 0 Å². The molecule has 0 heterocycles. The molecule has 2 atom stereocenters. The average Bonchev–Trinajstić information content (AvgIpc) is 2.15. The van der Waals surface area contributed by atoms with Gasteiger partial charge in [0.2, 0.25) is 12.8 Å². The molecule has 0 saturated heterocycles. The van der Waals surface area contributed by atoms with E-state index >= 15 is 0 Å². The Balaban J connectivity index is 4.24. The molecule has 2 N–H and O–H groups in total. The number of carbonyl (C=O) groups is 4. The SMILES string of the molecule is [2H]C(=O)N[C@@H](C)C(=O)OC(=O)[C@H](C)NC([2H])=O. The molecule has 0 spiro atoms. The topological polar surface area (TPSA) is 102 Å². The summed E-state index contributed by atoms with van der Waals surface area (Å²) in [6.45, 7) is 2.46. The molecule has 7 nitrogen and oxygen atoms in total. The largest absolute Gasteiger partial charge is 0.390 e. The smallest absolute Gasteiger partial charge is 0.336 e. The lowest BCUT2D eigenvalue weighted by molar-refractivity contribution is -0.162. The summed E-state index contributed by atoms with van der Waals surface area (Å²) in [5.41, 5.74) is 0. The van der Waals surface area contributed by atoms with Crippen molar-refractivity contribution < 1.29 is 26.7 Å². The van der Waals surface area contributed by atoms with Crippen LogP contribution in [0.15, 0.2) is 0 Å². The maximum absolute atomic E-state index is 11.2. The molecule has 0 unspecified atom stereocenters. The van der Waals surface area contributed by atoms with Gasteiger partial charge in [-0.05, 0) is 13.8 Å². The fraction of sp³-hybridized carbons (Fsp3) is 0.500. The second-order valence-electron chi connectivity index (χ2n) is 2.68. The van der Waals surface area contributed by atoms with Gasteiger partial charge in [-0.15, -0.1) is 0 Å². The van der Waals surface area contributed by atoms with Crippen molar-refractivity contribution in [1.82, 2.24) is 10.6 Å². The van der Waals surface area contributed by atoms with Crippen LogP contribution in [0, 0.1) is 0 Å². The standard InChI is InChI=1S/C8H12N2O5/c1-5(9-3-11)7(13)15-8(14)6(2)10-4-12/h3-6H,1-2H3,(H,9,11)(H,10,12)/t5-,6-/m0/s1/i3D,4D. The highest BCUT2D eigenvalue weighted by Gasteiger charge is 2.21. The summed E-state index contributed by atoms with van der Waals surface area (Å²) in [5.74, 6) is -2.11. The molecule has 0 bridgehead atoms. The predicted octanol–water partition coefficient (Wildman–Crippen LogP) is -1.67. The zero-order valence-corrected chi connectivity index (χ0v) is 8.20. The van der Waals surface area contributed by atoms with E-state index in [9.17, 15) is 19.2 Å². The van der Waals surface area contributed by atoms with Gasteiger partial charge >= 0.3 is 11.9 Å². The van der Waals surface area contributed by atoms with Gasteiger partial charge in [0.1, 0.15) is 14.8 Å². The van der Waals surface area contributed by atoms with Gasteiger partial charge in [-0.3, -0.25) is 9.59 Å². The number of esters is 2. The number of hydrogen-bond acceptors (Lipinski definition) is 5. The second kappa shape index (κ2) is 6.52. The average molecular weight is 218 g/mol. The van der Waals surface area contributed by atoms with E-state index in [0.29, 0.717) is 0 Å². The Morgan fingerprint density at radius 3 is 1.73 bits per heavy atom. The van der Waals surface area contributed by atoms with Crippen molar-refractivity contribution in [1.29, 1.82) is 0 Å². The number of rotatable bonds is 4. The number of ether oxygens (including phenoxy) is 1. The van der Waals surface area contributed by atoms with Crippen molar-refractivity contribution in [3.8, 4) is 0 Å². The summed E-state index contributed by atoms with van der Waals surface area (Å²) in [6, 6.07) is -2.30. The Bertz CT molecular complexity index is 315. The summed E-state index contributed by atoms with van der Waals surface area (Å²) in [5, 5.41) is 3.81. The molecule has 0 radical (unpaired) electrons. The van der Waals surface area contributed by atoms with Crippen LogP contribution in [-0.4, -0.2) is 36.8 Å². The number of amides is 2. The van der Waals surface area contributed by atoms with Crippen LogP contribution in [0.3, 0.4) is 0 Å². The Hall–Kier alpha value is -1.92. The quantitative estimate of drug-likeness (QED) is 0.333. The van der Waals surface area contributed by atoms with Gasteiger partial charge in [-0.25, -0.2) is 9.59 Å². The molecule has 7 heteroatoms. The van der Waals surface area contributed by atoms with E-state index in [1.807, 2.05) is 10.6 Å². The monoisotopic (exact) mass is 218 g/mol. The highest BCUT2D eigenvalue weighted by molar-refractivity contribution is 5.91. The van der Waals surface area contributed by atoms with E-state index in [1.165, 1.54) is 13.8 Å². The molecule has 84 valence electrons. The molecular weight excluding hydrogens is 204 g/mol. The van der Waals surface area contributed by atoms with E-state index in [4.69, 9.17) is 2.74 Å². The summed E-state index contributed by atoms with van der Waals surface area (Å²) >= 11 is 0. The summed E-state index contributed by atoms with van der Waals surface area (Å²) in [7, 11) is 0. The maximum Gasteiger partial charge on any atom is 0.336 e. The van der Waals surface area contributed by atoms with E-state index in [-0.39, 0.29) is 0 Å². The van der Waals surface area contributed by atoms with Crippen molar-refractivity contribution in [2.45, 2.75) is 25.9 Å². The van der Waals surface area contributed by atoms with Crippen molar-refractivity contribution >= 4 is 24.7 Å². The molecule has 0 aromatic rings. The van der Waals surface area contributed by atoms with Crippen LogP contribution in [0.1, 0.15) is 16.6 Å². The molecule has 15 heavy (non-hydrogen) atoms. The molecule has 0 rings (SSSR count). The van der Waals surface area contributed by atoms with Crippen LogP contribution < -0.4 is 10.6 Å². The van der Waals surface area contributed by atoms with E-state index < -0.39 is 36.8 Å². The van der Waals surface area contributed by atoms with Gasteiger partial charge in [-0.1, -0.05) is 0 Å². The first-order valence-electron chi connectivity index (χ1n) is 5.03. The fourth-order valence-corrected chi connectivity index (χ4v) is 0.571. The van der Waals surface area contributed by atoms with Crippen molar-refractivity contribution in [3.63, 3.8) is 0 Å². The Morgan fingerprint density at radius 1 is 1.13 bits per heavy atom. The molecule has 0 aromatic heterocycles. The van der Waals surface area contributed by atoms with Gasteiger partial charge < -0.3 is 15.4 Å². The minimum atomic E-state index is -1.19. The van der Waals surface area contributed by atoms with Gasteiger partial charge in [-0.2, -0.15) is 0 Å². The third-order valence-corrected chi connectivity index (χ3v) is 1.46. The zero-order valence-electron chi connectivity index (χ0n) is 10.2. The summed E-state index contributed by atoms with van der Waals surface area (Å²) in [4.78, 5) is 43.0. The van der Waals surface area contributed by atoms with Crippen LogP contribution in [0.5, 0.6) is 0 Å². The van der Waals surface area contributed by atoms with Crippen LogP contribution in [-0.2, 0) is 23.9 Å². The summed E-state index contributed by atoms with van der Waals surface area (Å²) < 4.78 is 17.4. The minimum Gasteiger partial charge on any atom is -0.390 e. The number of carbonyl (C=O) groups excluding carboxylic acids is 4. The highest BCUT2D eigenvalue weighted by Crippen LogP contribution is 1.92. The number of nitrogens with one attached hydrogen (secondary N) is 2. The first kappa shape index (κ1) is 9.63. The molecular formula is C8H12N2O5. The summed E-state index contributed by atoms with van der Waals surface area (Å²) in [6.07, 6.45) is -2.37. The Morgan fingerprint density at radius 2 is 1.47 bits per heavy atom. The zero-order chi connectivity index (χ0) is 13.6. The lowest BCUT2D eigenvalue weighted by Gasteiger charge is -2.11. The molecule has 0 aliphatic carbocycles. The second-order valence-corrected chi connectivity index (χ2v) is 2.68. The van der Waals surface area contributed by atoms with Crippen LogP contribution in [0.2, 0.25) is 0 Å². The van der Waals surface area contributed by atoms with E-state index in [1.54, 1.807) is 0 Å². The molecule has 0 aromatic carbocycles. The molecule has 0 fully saturated rings. The fourth-order valence-electron chi connectivity index (χ4n) is 0.571. The maximum atomic E-state index is 11.2. The van der Waals surface area contributed by atoms with E-state index in [0.717, 1.165) is 0 Å². The van der Waals surface area contributed by atoms with Gasteiger partial charge in [0, 0.05) is 0 Å². The van der Waals surface area contributed by atoms with E-state index in [2.05, 4.69) is 4.74 Å². The minimum absolute atomic E-state index is 1.05. The van der Waals surface area contributed by atoms with Crippen LogP contribution in [0.4, 0.5) is 0 Å². The van der Waals surface area contributed by atoms with Gasteiger partial charge in [0.15, 0.2) is 0 Å². The molecule has 2 amide bonds. The van der Waals surface area contributed by atoms with Crippen molar-refractivity contribution in [2.75, 3.05) is 0 Å². The van der Waals surface area contributed by atoms with Gasteiger partial charge in [0.05, 0.1) is 0 Å². The normalized spacial score (nSPS) is 15.1. The highest BCUT2D eigenvalue weighted by atomic mass is 16.6. The lowest BCUT2D eigenvalue weighted by atomic mass is 10.3. The lowest BCUT2D eigenvalue weighted by Crippen LogP contribution is -2.40. The first-order valence-corrected chi connectivity index (χ1v) is 4.03. The third kappa shape index (κ3) is 4.75. The van der Waals surface area contributed by atoms with Crippen molar-refractivity contribution in [2.24, 2.45) is 0 Å². The van der Waals surface area contributed by atoms with Gasteiger partial charge in [0.25, 0.3) is 0 Å². The number of hydrogen-bond donors (Lipinski definition) is 2. The molecule has 0 saturated carbocycles. The Labute approximate surface area is 89.0 Å². The Kier molecular flexibility index (Phi) is 4.19. The predicted molar refractivity (Wildman–Crippen MR) is 48.4 cm³/mol. The molecule has 0 aliphatic heterocycles.